The van der Waals surface area contributed by atoms with Gasteiger partial charge in [-0.25, -0.2) is 0 Å². The molecule has 1 fully saturated rings. The van der Waals surface area contributed by atoms with Gasteiger partial charge in [0.1, 0.15) is 24.4 Å². The molecular formula is C24H45N3O7. The molecule has 1 rings (SSSR count). The molecular weight excluding hydrogens is 442 g/mol. The molecule has 0 aromatic heterocycles. The maximum absolute atomic E-state index is 10.3. The van der Waals surface area contributed by atoms with Crippen LogP contribution in [-0.2, 0) is 9.47 Å². The summed E-state index contributed by atoms with van der Waals surface area (Å²) in [5.74, 6) is 0. The highest BCUT2D eigenvalue weighted by atomic mass is 16.7. The van der Waals surface area contributed by atoms with E-state index in [0.717, 1.165) is 19.3 Å². The summed E-state index contributed by atoms with van der Waals surface area (Å²) in [6, 6.07) is -0.967. The van der Waals surface area contributed by atoms with Gasteiger partial charge in [0, 0.05) is 4.91 Å². The number of unbranched alkanes of at least 4 members (excludes halogenated alkanes) is 11. The summed E-state index contributed by atoms with van der Waals surface area (Å²) >= 11 is 0. The van der Waals surface area contributed by atoms with E-state index in [1.54, 1.807) is 6.08 Å². The minimum atomic E-state index is -1.57. The molecule has 10 nitrogen and oxygen atoms in total. The third kappa shape index (κ3) is 12.0. The van der Waals surface area contributed by atoms with Crippen LogP contribution in [-0.4, -0.2) is 81.6 Å². The lowest BCUT2D eigenvalue weighted by atomic mass is 9.99. The smallest absolute Gasteiger partial charge is 0.186 e. The van der Waals surface area contributed by atoms with E-state index >= 15 is 0 Å². The molecule has 0 bridgehead atoms. The maximum atomic E-state index is 10.3. The summed E-state index contributed by atoms with van der Waals surface area (Å²) in [5.41, 5.74) is 8.80. The number of rotatable bonds is 19. The monoisotopic (exact) mass is 487 g/mol. The summed E-state index contributed by atoms with van der Waals surface area (Å²) in [4.78, 5) is 2.73. The Hall–Kier alpha value is -1.23. The van der Waals surface area contributed by atoms with Gasteiger partial charge in [0.2, 0.25) is 0 Å². The summed E-state index contributed by atoms with van der Waals surface area (Å²) in [6.07, 6.45) is 9.99. The second kappa shape index (κ2) is 19.0. The highest BCUT2D eigenvalue weighted by Gasteiger charge is 2.44. The first-order chi connectivity index (χ1) is 16.5. The van der Waals surface area contributed by atoms with Crippen LogP contribution in [0.4, 0.5) is 0 Å². The fourth-order valence-corrected chi connectivity index (χ4v) is 3.96. The Labute approximate surface area is 203 Å². The highest BCUT2D eigenvalue weighted by molar-refractivity contribution is 4.96. The van der Waals surface area contributed by atoms with Crippen molar-refractivity contribution in [3.63, 3.8) is 0 Å². The standard InChI is InChI=1S/C24H45N3O7/c1-2-3-4-5-6-7-8-9-10-11-12-13-14-15-19(29)18(26-27-25)17-33-24-23(32)22(31)21(30)20(16-28)34-24/h14-15,18-24,28-32H,2-13,16-17H2,1H3/t18-,19+,20+,21+,22-,23+,24+/m0/s1. The number of hydrogen-bond donors (Lipinski definition) is 5. The van der Waals surface area contributed by atoms with E-state index in [-0.39, 0.29) is 6.61 Å². The maximum Gasteiger partial charge on any atom is 0.186 e. The van der Waals surface area contributed by atoms with Crippen molar-refractivity contribution in [1.29, 1.82) is 0 Å². The van der Waals surface area contributed by atoms with Crippen LogP contribution in [0.2, 0.25) is 0 Å². The lowest BCUT2D eigenvalue weighted by Gasteiger charge is -2.39. The minimum Gasteiger partial charge on any atom is -0.394 e. The third-order valence-electron chi connectivity index (χ3n) is 6.18. The normalized spacial score (nSPS) is 26.9. The minimum absolute atomic E-state index is 0.281. The molecule has 0 aromatic carbocycles. The molecule has 1 aliphatic heterocycles. The molecule has 0 amide bonds. The van der Waals surface area contributed by atoms with Crippen molar-refractivity contribution in [2.24, 2.45) is 5.11 Å². The molecule has 1 heterocycles. The van der Waals surface area contributed by atoms with Gasteiger partial charge < -0.3 is 35.0 Å². The Balaban J connectivity index is 2.26. The van der Waals surface area contributed by atoms with Crippen molar-refractivity contribution >= 4 is 0 Å². The number of aliphatic hydroxyl groups is 5. The average molecular weight is 488 g/mol. The van der Waals surface area contributed by atoms with Gasteiger partial charge in [-0.3, -0.25) is 0 Å². The van der Waals surface area contributed by atoms with E-state index in [4.69, 9.17) is 15.0 Å². The summed E-state index contributed by atoms with van der Waals surface area (Å²) in [6.45, 7) is 1.38. The zero-order valence-electron chi connectivity index (χ0n) is 20.5. The molecule has 5 N–H and O–H groups in total. The molecule has 0 radical (unpaired) electrons. The molecule has 34 heavy (non-hydrogen) atoms. The van der Waals surface area contributed by atoms with Crippen LogP contribution in [0, 0.1) is 0 Å². The first-order valence-electron chi connectivity index (χ1n) is 12.8. The van der Waals surface area contributed by atoms with Gasteiger partial charge in [-0.05, 0) is 18.4 Å². The second-order valence-electron chi connectivity index (χ2n) is 9.05. The van der Waals surface area contributed by atoms with Crippen LogP contribution in [0.25, 0.3) is 10.4 Å². The van der Waals surface area contributed by atoms with Crippen molar-refractivity contribution in [2.75, 3.05) is 13.2 Å². The van der Waals surface area contributed by atoms with Gasteiger partial charge in [-0.1, -0.05) is 88.4 Å². The number of ether oxygens (including phenoxy) is 2. The van der Waals surface area contributed by atoms with E-state index in [0.29, 0.717) is 0 Å². The fraction of sp³-hybridized carbons (Fsp3) is 0.917. The SMILES string of the molecule is CCCCCCCCCCCCCC=C[C@@H](O)[C@H](CO[C@@H]1O[C@H](CO)[C@@H](O)[C@H](O)[C@H]1O)N=[N+]=[N-]. The summed E-state index contributed by atoms with van der Waals surface area (Å²) in [7, 11) is 0. The Morgan fingerprint density at radius 2 is 1.53 bits per heavy atom. The van der Waals surface area contributed by atoms with Gasteiger partial charge >= 0.3 is 0 Å². The summed E-state index contributed by atoms with van der Waals surface area (Å²) < 4.78 is 10.6. The summed E-state index contributed by atoms with van der Waals surface area (Å²) in [5, 5.41) is 52.8. The topological polar surface area (TPSA) is 168 Å². The molecule has 7 atom stereocenters. The number of hydrogen-bond acceptors (Lipinski definition) is 8. The van der Waals surface area contributed by atoms with Gasteiger partial charge in [0.05, 0.1) is 25.4 Å². The Morgan fingerprint density at radius 3 is 2.09 bits per heavy atom. The quantitative estimate of drug-likeness (QED) is 0.0613. The number of allylic oxidation sites excluding steroid dienone is 1. The molecule has 0 saturated carbocycles. The van der Waals surface area contributed by atoms with Crippen LogP contribution < -0.4 is 0 Å². The van der Waals surface area contributed by atoms with Crippen molar-refractivity contribution in [1.82, 2.24) is 0 Å². The van der Waals surface area contributed by atoms with Gasteiger partial charge in [-0.2, -0.15) is 0 Å². The zero-order valence-corrected chi connectivity index (χ0v) is 20.5. The average Bonchev–Trinajstić information content (AvgIpc) is 2.84. The van der Waals surface area contributed by atoms with Crippen molar-refractivity contribution in [3.05, 3.63) is 22.6 Å². The number of azide groups is 1. The van der Waals surface area contributed by atoms with E-state index < -0.39 is 49.5 Å². The third-order valence-corrected chi connectivity index (χ3v) is 6.18. The van der Waals surface area contributed by atoms with Crippen LogP contribution in [0.1, 0.15) is 84.0 Å². The molecule has 198 valence electrons. The van der Waals surface area contributed by atoms with Gasteiger partial charge in [0.25, 0.3) is 0 Å². The van der Waals surface area contributed by atoms with Crippen molar-refractivity contribution in [2.45, 2.75) is 127 Å². The van der Waals surface area contributed by atoms with Crippen LogP contribution in [0.15, 0.2) is 17.3 Å². The molecule has 1 aliphatic rings. The molecule has 0 spiro atoms. The van der Waals surface area contributed by atoms with Crippen LogP contribution in [0.5, 0.6) is 0 Å². The molecule has 0 aliphatic carbocycles. The Morgan fingerprint density at radius 1 is 0.941 bits per heavy atom. The highest BCUT2D eigenvalue weighted by Crippen LogP contribution is 2.22. The Kier molecular flexibility index (Phi) is 17.2. The molecule has 0 unspecified atom stereocenters. The lowest BCUT2D eigenvalue weighted by molar-refractivity contribution is -0.302. The van der Waals surface area contributed by atoms with Crippen molar-refractivity contribution < 1.29 is 35.0 Å². The second-order valence-corrected chi connectivity index (χ2v) is 9.05. The van der Waals surface area contributed by atoms with Gasteiger partial charge in [0.15, 0.2) is 6.29 Å². The number of nitrogens with zero attached hydrogens (tertiary/aromatic N) is 3. The molecule has 1 saturated heterocycles. The van der Waals surface area contributed by atoms with Gasteiger partial charge in [-0.15, -0.1) is 0 Å². The Bertz CT molecular complexity index is 587. The van der Waals surface area contributed by atoms with E-state index in [1.807, 2.05) is 6.08 Å². The molecule has 10 heteroatoms. The van der Waals surface area contributed by atoms with Crippen LogP contribution >= 0.6 is 0 Å². The predicted octanol–water partition coefficient (Wildman–Crippen LogP) is 3.10. The van der Waals surface area contributed by atoms with E-state index in [2.05, 4.69) is 16.9 Å². The predicted molar refractivity (Wildman–Crippen MR) is 129 cm³/mol. The zero-order chi connectivity index (χ0) is 25.2. The fourth-order valence-electron chi connectivity index (χ4n) is 3.96. The first kappa shape index (κ1) is 30.8. The first-order valence-corrected chi connectivity index (χ1v) is 12.8. The lowest BCUT2D eigenvalue weighted by Crippen LogP contribution is -2.59. The van der Waals surface area contributed by atoms with Crippen LogP contribution in [0.3, 0.4) is 0 Å². The van der Waals surface area contributed by atoms with Crippen molar-refractivity contribution in [3.8, 4) is 0 Å². The number of aliphatic hydroxyl groups excluding tert-OH is 5. The van der Waals surface area contributed by atoms with E-state index in [1.165, 1.54) is 57.8 Å². The molecule has 0 aromatic rings. The largest absolute Gasteiger partial charge is 0.394 e. The van der Waals surface area contributed by atoms with E-state index in [9.17, 15) is 25.5 Å².